The van der Waals surface area contributed by atoms with Crippen molar-refractivity contribution in [2.24, 2.45) is 0 Å². The van der Waals surface area contributed by atoms with Gasteiger partial charge in [-0.3, -0.25) is 0 Å². The molecule has 0 aliphatic rings. The number of hydrogen-bond donors (Lipinski definition) is 2. The van der Waals surface area contributed by atoms with Crippen LogP contribution in [0.25, 0.3) is 0 Å². The summed E-state index contributed by atoms with van der Waals surface area (Å²) in [5.41, 5.74) is 0. The fourth-order valence-electron chi connectivity index (χ4n) is 0.777. The first kappa shape index (κ1) is 11.6. The minimum atomic E-state index is -1.30. The Balaban J connectivity index is 2.46. The van der Waals surface area contributed by atoms with Crippen molar-refractivity contribution in [1.82, 2.24) is 0 Å². The van der Waals surface area contributed by atoms with Gasteiger partial charge in [0.1, 0.15) is 0 Å². The maximum absolute atomic E-state index is 10.3. The number of aliphatic hydroxyl groups excluding tert-OH is 1. The Labute approximate surface area is 94.3 Å². The van der Waals surface area contributed by atoms with Crippen LogP contribution in [0.2, 0.25) is 0 Å². The summed E-state index contributed by atoms with van der Waals surface area (Å²) in [7, 11) is 0. The number of carboxylic acid groups (broad SMARTS) is 1. The number of thioether (sulfide) groups is 1. The van der Waals surface area contributed by atoms with Gasteiger partial charge in [-0.05, 0) is 24.3 Å². The molecule has 0 fully saturated rings. The molecule has 0 radical (unpaired) electrons. The zero-order chi connectivity index (χ0) is 10.6. The third-order valence-corrected chi connectivity index (χ3v) is 3.12. The normalized spacial score (nSPS) is 12.4. The molecule has 0 aromatic heterocycles. The van der Waals surface area contributed by atoms with E-state index in [0.29, 0.717) is 0 Å². The molecule has 1 aromatic carbocycles. The van der Waals surface area contributed by atoms with Gasteiger partial charge < -0.3 is 10.2 Å². The molecule has 1 rings (SSSR count). The van der Waals surface area contributed by atoms with Crippen LogP contribution in [0.15, 0.2) is 33.6 Å². The quantitative estimate of drug-likeness (QED) is 0.826. The number of hydrogen-bond acceptors (Lipinski definition) is 3. The molecule has 0 bridgehead atoms. The van der Waals surface area contributed by atoms with E-state index in [1.54, 1.807) is 0 Å². The predicted molar refractivity (Wildman–Crippen MR) is 58.5 cm³/mol. The SMILES string of the molecule is O=C(O)C(O)CSc1ccc(Br)cc1. The highest BCUT2D eigenvalue weighted by atomic mass is 79.9. The Hall–Kier alpha value is -0.520. The summed E-state index contributed by atoms with van der Waals surface area (Å²) >= 11 is 4.61. The van der Waals surface area contributed by atoms with Gasteiger partial charge in [-0.25, -0.2) is 4.79 Å². The first-order valence-electron chi connectivity index (χ1n) is 3.89. The minimum absolute atomic E-state index is 0.164. The number of aliphatic carboxylic acids is 1. The zero-order valence-corrected chi connectivity index (χ0v) is 9.59. The largest absolute Gasteiger partial charge is 0.479 e. The molecule has 14 heavy (non-hydrogen) atoms. The number of aliphatic hydroxyl groups is 1. The highest BCUT2D eigenvalue weighted by Crippen LogP contribution is 2.21. The highest BCUT2D eigenvalue weighted by Gasteiger charge is 2.12. The van der Waals surface area contributed by atoms with E-state index in [1.165, 1.54) is 11.8 Å². The van der Waals surface area contributed by atoms with E-state index in [4.69, 9.17) is 10.2 Å². The Kier molecular flexibility index (Phi) is 4.44. The van der Waals surface area contributed by atoms with Crippen LogP contribution in [-0.4, -0.2) is 28.0 Å². The molecule has 2 N–H and O–H groups in total. The molecule has 0 heterocycles. The lowest BCUT2D eigenvalue weighted by atomic mass is 10.4. The van der Waals surface area contributed by atoms with Gasteiger partial charge in [0.15, 0.2) is 6.10 Å². The fraction of sp³-hybridized carbons (Fsp3) is 0.222. The number of rotatable bonds is 4. The molecule has 5 heteroatoms. The lowest BCUT2D eigenvalue weighted by molar-refractivity contribution is -0.145. The van der Waals surface area contributed by atoms with E-state index in [1.807, 2.05) is 24.3 Å². The first-order chi connectivity index (χ1) is 6.59. The van der Waals surface area contributed by atoms with E-state index >= 15 is 0 Å². The number of carbonyl (C=O) groups is 1. The van der Waals surface area contributed by atoms with Crippen LogP contribution in [0.4, 0.5) is 0 Å². The number of carboxylic acids is 1. The predicted octanol–water partition coefficient (Wildman–Crippen LogP) is 1.99. The van der Waals surface area contributed by atoms with Gasteiger partial charge in [0.2, 0.25) is 0 Å². The van der Waals surface area contributed by atoms with Crippen molar-refractivity contribution < 1.29 is 15.0 Å². The Bertz CT molecular complexity index is 312. The second kappa shape index (κ2) is 5.38. The molecule has 0 amide bonds. The average Bonchev–Trinajstić information content (AvgIpc) is 2.16. The minimum Gasteiger partial charge on any atom is -0.479 e. The maximum Gasteiger partial charge on any atom is 0.333 e. The van der Waals surface area contributed by atoms with Crippen LogP contribution in [-0.2, 0) is 4.79 Å². The lowest BCUT2D eigenvalue weighted by Crippen LogP contribution is -2.21. The first-order valence-corrected chi connectivity index (χ1v) is 5.66. The van der Waals surface area contributed by atoms with Crippen molar-refractivity contribution in [3.63, 3.8) is 0 Å². The van der Waals surface area contributed by atoms with Gasteiger partial charge >= 0.3 is 5.97 Å². The van der Waals surface area contributed by atoms with Crippen LogP contribution >= 0.6 is 27.7 Å². The summed E-state index contributed by atoms with van der Waals surface area (Å²) < 4.78 is 0.973. The van der Waals surface area contributed by atoms with Crippen molar-refractivity contribution in [3.05, 3.63) is 28.7 Å². The molecule has 0 aliphatic carbocycles. The number of halogens is 1. The monoisotopic (exact) mass is 276 g/mol. The molecule has 0 aliphatic heterocycles. The van der Waals surface area contributed by atoms with Crippen LogP contribution < -0.4 is 0 Å². The zero-order valence-electron chi connectivity index (χ0n) is 7.18. The van der Waals surface area contributed by atoms with Crippen molar-refractivity contribution >= 4 is 33.7 Å². The van der Waals surface area contributed by atoms with Crippen LogP contribution in [0, 0.1) is 0 Å². The Morgan fingerprint density at radius 3 is 2.50 bits per heavy atom. The summed E-state index contributed by atoms with van der Waals surface area (Å²) in [4.78, 5) is 11.2. The van der Waals surface area contributed by atoms with Crippen LogP contribution in [0.3, 0.4) is 0 Å². The van der Waals surface area contributed by atoms with Gasteiger partial charge in [-0.1, -0.05) is 15.9 Å². The van der Waals surface area contributed by atoms with E-state index < -0.39 is 12.1 Å². The molecule has 3 nitrogen and oxygen atoms in total. The van der Waals surface area contributed by atoms with Crippen LogP contribution in [0.1, 0.15) is 0 Å². The van der Waals surface area contributed by atoms with Crippen molar-refractivity contribution in [3.8, 4) is 0 Å². The van der Waals surface area contributed by atoms with Crippen LogP contribution in [0.5, 0.6) is 0 Å². The van der Waals surface area contributed by atoms with E-state index in [0.717, 1.165) is 9.37 Å². The molecule has 0 spiro atoms. The van der Waals surface area contributed by atoms with E-state index in [9.17, 15) is 4.79 Å². The third-order valence-electron chi connectivity index (χ3n) is 1.51. The molecule has 1 aromatic rings. The summed E-state index contributed by atoms with van der Waals surface area (Å²) in [5, 5.41) is 17.4. The molecule has 1 unspecified atom stereocenters. The topological polar surface area (TPSA) is 57.5 Å². The molecule has 1 atom stereocenters. The third kappa shape index (κ3) is 3.69. The molecular weight excluding hydrogens is 268 g/mol. The highest BCUT2D eigenvalue weighted by molar-refractivity contribution is 9.10. The summed E-state index contributed by atoms with van der Waals surface area (Å²) in [6.07, 6.45) is -1.30. The van der Waals surface area contributed by atoms with Gasteiger partial charge in [0, 0.05) is 15.1 Å². The molecule has 0 saturated heterocycles. The van der Waals surface area contributed by atoms with Gasteiger partial charge in [0.05, 0.1) is 0 Å². The average molecular weight is 277 g/mol. The van der Waals surface area contributed by atoms with Crippen molar-refractivity contribution in [2.75, 3.05) is 5.75 Å². The Morgan fingerprint density at radius 1 is 1.43 bits per heavy atom. The van der Waals surface area contributed by atoms with E-state index in [2.05, 4.69) is 15.9 Å². The number of benzene rings is 1. The van der Waals surface area contributed by atoms with Gasteiger partial charge in [0.25, 0.3) is 0 Å². The summed E-state index contributed by atoms with van der Waals surface area (Å²) in [5.74, 6) is -1.02. The van der Waals surface area contributed by atoms with Gasteiger partial charge in [-0.15, -0.1) is 11.8 Å². The fourth-order valence-corrected chi connectivity index (χ4v) is 1.86. The summed E-state index contributed by atoms with van der Waals surface area (Å²) in [6.45, 7) is 0. The second-order valence-corrected chi connectivity index (χ2v) is 4.63. The second-order valence-electron chi connectivity index (χ2n) is 2.62. The lowest BCUT2D eigenvalue weighted by Gasteiger charge is -2.04. The molecular formula is C9H9BrO3S. The smallest absolute Gasteiger partial charge is 0.333 e. The molecule has 0 saturated carbocycles. The van der Waals surface area contributed by atoms with Gasteiger partial charge in [-0.2, -0.15) is 0 Å². The standard InChI is InChI=1S/C9H9BrO3S/c10-6-1-3-7(4-2-6)14-5-8(11)9(12)13/h1-4,8,11H,5H2,(H,12,13). The maximum atomic E-state index is 10.3. The Morgan fingerprint density at radius 2 is 2.00 bits per heavy atom. The molecule has 76 valence electrons. The van der Waals surface area contributed by atoms with E-state index in [-0.39, 0.29) is 5.75 Å². The van der Waals surface area contributed by atoms with Crippen molar-refractivity contribution in [2.45, 2.75) is 11.0 Å². The van der Waals surface area contributed by atoms with Crippen molar-refractivity contribution in [1.29, 1.82) is 0 Å². The summed E-state index contributed by atoms with van der Waals surface area (Å²) in [6, 6.07) is 7.47.